The zero-order chi connectivity index (χ0) is 40.6. The van der Waals surface area contributed by atoms with Gasteiger partial charge in [0.15, 0.2) is 0 Å². The molecule has 308 valence electrons. The summed E-state index contributed by atoms with van der Waals surface area (Å²) in [6.07, 6.45) is 66.5. The van der Waals surface area contributed by atoms with E-state index in [1.54, 1.807) is 24.3 Å². The minimum Gasteiger partial charge on any atom is -0.334 e. The molecule has 0 radical (unpaired) electrons. The average Bonchev–Trinajstić information content (AvgIpc) is 3.64. The molecule has 0 aliphatic carbocycles. The van der Waals surface area contributed by atoms with Crippen LogP contribution in [0, 0.1) is 0 Å². The second kappa shape index (κ2) is 36.7. The lowest BCUT2D eigenvalue weighted by Crippen LogP contribution is -2.47. The molecule has 1 rings (SSSR count). The Morgan fingerprint density at radius 2 is 0.839 bits per heavy atom. The second-order valence-electron chi connectivity index (χ2n) is 14.5. The summed E-state index contributed by atoms with van der Waals surface area (Å²) in [5.41, 5.74) is 0. The van der Waals surface area contributed by atoms with E-state index in [2.05, 4.69) is 38.2 Å². The lowest BCUT2D eigenvalue weighted by Gasteiger charge is -2.22. The van der Waals surface area contributed by atoms with Gasteiger partial charge in [-0.1, -0.05) is 225 Å². The van der Waals surface area contributed by atoms with Crippen LogP contribution in [0.3, 0.4) is 0 Å². The summed E-state index contributed by atoms with van der Waals surface area (Å²) in [7, 11) is 3.94. The van der Waals surface area contributed by atoms with Crippen LogP contribution in [-0.2, 0) is 19.1 Å². The van der Waals surface area contributed by atoms with E-state index in [-0.39, 0.29) is 12.7 Å². The Morgan fingerprint density at radius 3 is 1.21 bits per heavy atom. The summed E-state index contributed by atoms with van der Waals surface area (Å²) >= 11 is 0. The monoisotopic (exact) mass is 766 g/mol. The van der Waals surface area contributed by atoms with Gasteiger partial charge in [0.25, 0.3) is 5.79 Å². The van der Waals surface area contributed by atoms with Gasteiger partial charge < -0.3 is 14.4 Å². The predicted molar refractivity (Wildman–Crippen MR) is 242 cm³/mol. The molecule has 0 aromatic heterocycles. The number of hydrogen-bond acceptors (Lipinski definition) is 5. The zero-order valence-corrected chi connectivity index (χ0v) is 35.4. The van der Waals surface area contributed by atoms with E-state index in [0.717, 1.165) is 19.4 Å². The van der Waals surface area contributed by atoms with Crippen LogP contribution < -0.4 is 0 Å². The summed E-state index contributed by atoms with van der Waals surface area (Å²) in [5.74, 6) is -3.05. The van der Waals surface area contributed by atoms with Crippen molar-refractivity contribution < 1.29 is 19.1 Å². The molecule has 1 aliphatic heterocycles. The van der Waals surface area contributed by atoms with Gasteiger partial charge >= 0.3 is 0 Å². The van der Waals surface area contributed by atoms with Crippen LogP contribution in [0.5, 0.6) is 0 Å². The second-order valence-corrected chi connectivity index (χ2v) is 14.5. The average molecular weight is 766 g/mol. The van der Waals surface area contributed by atoms with Crippen LogP contribution in [0.4, 0.5) is 0 Å². The molecule has 5 heteroatoms. The standard InChI is InChI=1S/C51H75NO4/c1-5-7-9-11-13-15-17-19-21-23-25-27-29-31-33-35-37-39-41-43-49(53)51(55-47-48(56-51)45-46-52(3)4)50(54)44-42-40-38-36-34-32-30-28-26-24-22-20-18-16-14-12-10-8-6-2/h21-44,48H,5-20,45-47H2,1-4H3. The largest absolute Gasteiger partial charge is 0.334 e. The Morgan fingerprint density at radius 1 is 0.500 bits per heavy atom. The van der Waals surface area contributed by atoms with E-state index in [1.807, 2.05) is 104 Å². The first-order valence-electron chi connectivity index (χ1n) is 21.5. The SMILES string of the molecule is CCCCCCCCCC=CC=CC=CC=CC=CC=CC(=O)C1(C(=O)C=CC=CC=CC=CC=CC=CCCCCCCCCC)OCC(CCN(C)C)O1. The van der Waals surface area contributed by atoms with E-state index < -0.39 is 17.4 Å². The van der Waals surface area contributed by atoms with E-state index in [1.165, 1.54) is 102 Å². The molecule has 1 heterocycles. The van der Waals surface area contributed by atoms with Crippen molar-refractivity contribution in [1.29, 1.82) is 0 Å². The van der Waals surface area contributed by atoms with Gasteiger partial charge in [0, 0.05) is 6.54 Å². The fraction of sp³-hybridized carbons (Fsp3) is 0.490. The van der Waals surface area contributed by atoms with Gasteiger partial charge in [-0.05, 0) is 58.4 Å². The lowest BCUT2D eigenvalue weighted by atomic mass is 10.0. The Hall–Kier alpha value is -3.90. The molecule has 0 saturated carbocycles. The summed E-state index contributed by atoms with van der Waals surface area (Å²) < 4.78 is 11.9. The Balaban J connectivity index is 2.56. The van der Waals surface area contributed by atoms with Gasteiger partial charge in [-0.15, -0.1) is 0 Å². The van der Waals surface area contributed by atoms with Crippen LogP contribution in [-0.4, -0.2) is 55.6 Å². The molecule has 1 atom stereocenters. The number of ketones is 2. The van der Waals surface area contributed by atoms with Crippen LogP contribution >= 0.6 is 0 Å². The number of rotatable bonds is 33. The smallest absolute Gasteiger partial charge is 0.299 e. The molecule has 5 nitrogen and oxygen atoms in total. The van der Waals surface area contributed by atoms with Gasteiger partial charge in [-0.3, -0.25) is 9.59 Å². The van der Waals surface area contributed by atoms with Crippen LogP contribution in [0.2, 0.25) is 0 Å². The Bertz CT molecular complexity index is 1290. The zero-order valence-electron chi connectivity index (χ0n) is 35.4. The lowest BCUT2D eigenvalue weighted by molar-refractivity contribution is -0.184. The van der Waals surface area contributed by atoms with Crippen molar-refractivity contribution in [3.63, 3.8) is 0 Å². The molecule has 1 unspecified atom stereocenters. The van der Waals surface area contributed by atoms with Crippen molar-refractivity contribution >= 4 is 11.6 Å². The third-order valence-electron chi connectivity index (χ3n) is 9.07. The molecule has 1 aliphatic rings. The van der Waals surface area contributed by atoms with Crippen molar-refractivity contribution in [2.75, 3.05) is 27.2 Å². The maximum atomic E-state index is 13.4. The van der Waals surface area contributed by atoms with Gasteiger partial charge in [-0.25, -0.2) is 0 Å². The molecular weight excluding hydrogens is 691 g/mol. The number of nitrogens with zero attached hydrogens (tertiary/aromatic N) is 1. The Kier molecular flexibility index (Phi) is 32.9. The van der Waals surface area contributed by atoms with Crippen molar-refractivity contribution in [3.8, 4) is 0 Å². The summed E-state index contributed by atoms with van der Waals surface area (Å²) in [6, 6.07) is 0. The minimum atomic E-state index is -1.98. The molecule has 0 N–H and O–H groups in total. The van der Waals surface area contributed by atoms with Crippen molar-refractivity contribution in [3.05, 3.63) is 146 Å². The van der Waals surface area contributed by atoms with E-state index in [9.17, 15) is 9.59 Å². The number of allylic oxidation sites excluding steroid dienone is 22. The van der Waals surface area contributed by atoms with Crippen molar-refractivity contribution in [2.45, 2.75) is 135 Å². The van der Waals surface area contributed by atoms with E-state index >= 15 is 0 Å². The molecule has 56 heavy (non-hydrogen) atoms. The third kappa shape index (κ3) is 27.6. The molecule has 0 amide bonds. The first-order valence-corrected chi connectivity index (χ1v) is 21.5. The van der Waals surface area contributed by atoms with Crippen molar-refractivity contribution in [1.82, 2.24) is 4.90 Å². The highest BCUT2D eigenvalue weighted by Crippen LogP contribution is 2.29. The van der Waals surface area contributed by atoms with Gasteiger partial charge in [0.2, 0.25) is 11.6 Å². The number of carbonyl (C=O) groups is 2. The number of hydrogen-bond donors (Lipinski definition) is 0. The molecule has 1 saturated heterocycles. The van der Waals surface area contributed by atoms with Gasteiger partial charge in [-0.2, -0.15) is 0 Å². The summed E-state index contributed by atoms with van der Waals surface area (Å²) in [6.45, 7) is 5.44. The van der Waals surface area contributed by atoms with Gasteiger partial charge in [0.1, 0.15) is 0 Å². The maximum Gasteiger partial charge on any atom is 0.299 e. The van der Waals surface area contributed by atoms with Gasteiger partial charge in [0.05, 0.1) is 12.7 Å². The molecule has 1 fully saturated rings. The van der Waals surface area contributed by atoms with Crippen LogP contribution in [0.25, 0.3) is 0 Å². The third-order valence-corrected chi connectivity index (χ3v) is 9.07. The molecule has 0 aromatic rings. The number of ether oxygens (including phenoxy) is 2. The fourth-order valence-corrected chi connectivity index (χ4v) is 5.76. The number of carbonyl (C=O) groups excluding carboxylic acids is 2. The highest BCUT2D eigenvalue weighted by Gasteiger charge is 2.52. The quantitative estimate of drug-likeness (QED) is 0.0288. The normalized spacial score (nSPS) is 18.8. The summed E-state index contributed by atoms with van der Waals surface area (Å²) in [4.78, 5) is 28.7. The molecule has 0 spiro atoms. The Labute approximate surface area is 342 Å². The van der Waals surface area contributed by atoms with E-state index in [0.29, 0.717) is 6.42 Å². The van der Waals surface area contributed by atoms with Crippen LogP contribution in [0.15, 0.2) is 146 Å². The highest BCUT2D eigenvalue weighted by molar-refractivity contribution is 6.17. The maximum absolute atomic E-state index is 13.4. The van der Waals surface area contributed by atoms with Crippen LogP contribution in [0.1, 0.15) is 123 Å². The topological polar surface area (TPSA) is 55.8 Å². The highest BCUT2D eigenvalue weighted by atomic mass is 16.8. The minimum absolute atomic E-state index is 0.176. The van der Waals surface area contributed by atoms with Crippen molar-refractivity contribution in [2.24, 2.45) is 0 Å². The molecule has 0 aromatic carbocycles. The first kappa shape index (κ1) is 50.1. The molecule has 0 bridgehead atoms. The van der Waals surface area contributed by atoms with E-state index in [4.69, 9.17) is 9.47 Å². The fourth-order valence-electron chi connectivity index (χ4n) is 5.76. The predicted octanol–water partition coefficient (Wildman–Crippen LogP) is 13.1. The molecular formula is C51H75NO4. The first-order chi connectivity index (χ1) is 27.5. The summed E-state index contributed by atoms with van der Waals surface area (Å²) in [5, 5.41) is 0. The number of unbranched alkanes of at least 4 members (excludes halogenated alkanes) is 14.